The van der Waals surface area contributed by atoms with Gasteiger partial charge in [0.05, 0.1) is 13.2 Å². The molecule has 1 aromatic heterocycles. The van der Waals surface area contributed by atoms with Gasteiger partial charge in [0.2, 0.25) is 5.89 Å². The first-order chi connectivity index (χ1) is 14.5. The van der Waals surface area contributed by atoms with Gasteiger partial charge < -0.3 is 18.7 Å². The molecule has 0 amide bonds. The molecular formula is C19H32N4O6S. The molecule has 0 radical (unpaired) electrons. The second kappa shape index (κ2) is 9.58. The highest BCUT2D eigenvalue weighted by Crippen LogP contribution is 2.39. The van der Waals surface area contributed by atoms with Crippen LogP contribution in [0.2, 0.25) is 0 Å². The summed E-state index contributed by atoms with van der Waals surface area (Å²) in [5.41, 5.74) is -0.333. The highest BCUT2D eigenvalue weighted by atomic mass is 32.2. The van der Waals surface area contributed by atoms with E-state index in [1.807, 2.05) is 0 Å². The average molecular weight is 445 g/mol. The predicted octanol–water partition coefficient (Wildman–Crippen LogP) is 0.911. The van der Waals surface area contributed by atoms with Crippen LogP contribution in [-0.2, 0) is 29.8 Å². The van der Waals surface area contributed by atoms with Gasteiger partial charge in [-0.15, -0.1) is 0 Å². The molecule has 0 unspecified atom stereocenters. The Morgan fingerprint density at radius 2 is 1.67 bits per heavy atom. The summed E-state index contributed by atoms with van der Waals surface area (Å²) in [5, 5.41) is 4.34. The Balaban J connectivity index is 1.48. The lowest BCUT2D eigenvalue weighted by Gasteiger charge is -2.41. The minimum absolute atomic E-state index is 0.237. The van der Waals surface area contributed by atoms with Crippen molar-refractivity contribution in [1.82, 2.24) is 18.8 Å². The fourth-order valence-electron chi connectivity index (χ4n) is 4.53. The van der Waals surface area contributed by atoms with Crippen molar-refractivity contribution in [3.05, 3.63) is 11.7 Å². The topological polar surface area (TPSA) is 107 Å². The number of methoxy groups -OCH3 is 1. The van der Waals surface area contributed by atoms with Gasteiger partial charge in [-0.05, 0) is 32.1 Å². The smallest absolute Gasteiger partial charge is 0.282 e. The SMILES string of the molecule is COCCC1(c2noc(C3CCOCC3)n2)CCN(S(=O)(=O)N2CCOCC2)CC1. The van der Waals surface area contributed by atoms with Gasteiger partial charge in [-0.3, -0.25) is 0 Å². The normalized spacial score (nSPS) is 24.8. The first kappa shape index (κ1) is 22.1. The van der Waals surface area contributed by atoms with Gasteiger partial charge in [0.25, 0.3) is 10.2 Å². The number of aromatic nitrogens is 2. The van der Waals surface area contributed by atoms with E-state index in [-0.39, 0.29) is 11.3 Å². The Morgan fingerprint density at radius 1 is 1.03 bits per heavy atom. The Hall–Kier alpha value is -1.11. The third-order valence-electron chi connectivity index (χ3n) is 6.57. The summed E-state index contributed by atoms with van der Waals surface area (Å²) in [6.45, 7) is 4.58. The number of ether oxygens (including phenoxy) is 3. The van der Waals surface area contributed by atoms with Crippen molar-refractivity contribution in [3.8, 4) is 0 Å². The van der Waals surface area contributed by atoms with Gasteiger partial charge in [0.15, 0.2) is 5.82 Å². The van der Waals surface area contributed by atoms with Crippen LogP contribution < -0.4 is 0 Å². The van der Waals surface area contributed by atoms with Crippen LogP contribution in [-0.4, -0.2) is 93.5 Å². The summed E-state index contributed by atoms with van der Waals surface area (Å²) in [4.78, 5) is 4.78. The maximum absolute atomic E-state index is 13.0. The molecular weight excluding hydrogens is 412 g/mol. The third kappa shape index (κ3) is 4.56. The molecule has 10 nitrogen and oxygen atoms in total. The molecule has 3 aliphatic heterocycles. The van der Waals surface area contributed by atoms with Crippen molar-refractivity contribution >= 4 is 10.2 Å². The second-order valence-electron chi connectivity index (χ2n) is 8.28. The zero-order chi connectivity index (χ0) is 21.0. The molecule has 0 spiro atoms. The van der Waals surface area contributed by atoms with Crippen molar-refractivity contribution in [1.29, 1.82) is 0 Å². The molecule has 30 heavy (non-hydrogen) atoms. The highest BCUT2D eigenvalue weighted by molar-refractivity contribution is 7.86. The molecule has 3 aliphatic rings. The van der Waals surface area contributed by atoms with E-state index in [1.165, 1.54) is 4.31 Å². The number of piperidine rings is 1. The highest BCUT2D eigenvalue weighted by Gasteiger charge is 2.44. The molecule has 4 heterocycles. The number of hydrogen-bond acceptors (Lipinski definition) is 8. The first-order valence-electron chi connectivity index (χ1n) is 10.8. The predicted molar refractivity (Wildman–Crippen MR) is 107 cm³/mol. The van der Waals surface area contributed by atoms with Gasteiger partial charge in [-0.1, -0.05) is 5.16 Å². The molecule has 0 aromatic carbocycles. The summed E-state index contributed by atoms with van der Waals surface area (Å²) in [5.74, 6) is 1.60. The molecule has 1 aromatic rings. The van der Waals surface area contributed by atoms with Gasteiger partial charge >= 0.3 is 0 Å². The van der Waals surface area contributed by atoms with Crippen molar-refractivity contribution < 1.29 is 27.2 Å². The molecule has 0 atom stereocenters. The molecule has 170 valence electrons. The number of morpholine rings is 1. The second-order valence-corrected chi connectivity index (χ2v) is 10.2. The quantitative estimate of drug-likeness (QED) is 0.611. The van der Waals surface area contributed by atoms with E-state index in [9.17, 15) is 8.42 Å². The van der Waals surface area contributed by atoms with E-state index in [0.717, 1.165) is 19.3 Å². The fraction of sp³-hybridized carbons (Fsp3) is 0.895. The van der Waals surface area contributed by atoms with Crippen LogP contribution >= 0.6 is 0 Å². The maximum Gasteiger partial charge on any atom is 0.282 e. The Kier molecular flexibility index (Phi) is 7.05. The Morgan fingerprint density at radius 3 is 2.33 bits per heavy atom. The molecule has 11 heteroatoms. The molecule has 0 aliphatic carbocycles. The van der Waals surface area contributed by atoms with Crippen molar-refractivity contribution in [3.63, 3.8) is 0 Å². The number of rotatable bonds is 7. The van der Waals surface area contributed by atoms with Gasteiger partial charge in [0, 0.05) is 64.4 Å². The van der Waals surface area contributed by atoms with Crippen molar-refractivity contribution in [2.75, 3.05) is 66.3 Å². The van der Waals surface area contributed by atoms with Gasteiger partial charge in [-0.2, -0.15) is 22.0 Å². The van der Waals surface area contributed by atoms with Crippen LogP contribution in [0, 0.1) is 0 Å². The van der Waals surface area contributed by atoms with Crippen LogP contribution in [0.5, 0.6) is 0 Å². The van der Waals surface area contributed by atoms with E-state index in [0.29, 0.717) is 83.8 Å². The summed E-state index contributed by atoms with van der Waals surface area (Å²) >= 11 is 0. The van der Waals surface area contributed by atoms with Crippen LogP contribution in [0.15, 0.2) is 4.52 Å². The Bertz CT molecular complexity index is 781. The van der Waals surface area contributed by atoms with Gasteiger partial charge in [-0.25, -0.2) is 0 Å². The molecule has 3 fully saturated rings. The Labute approximate surface area is 178 Å². The molecule has 0 saturated carbocycles. The van der Waals surface area contributed by atoms with E-state index >= 15 is 0 Å². The molecule has 0 N–H and O–H groups in total. The molecule has 3 saturated heterocycles. The zero-order valence-electron chi connectivity index (χ0n) is 17.6. The number of hydrogen-bond donors (Lipinski definition) is 0. The zero-order valence-corrected chi connectivity index (χ0v) is 18.4. The van der Waals surface area contributed by atoms with E-state index in [4.69, 9.17) is 23.7 Å². The first-order valence-corrected chi connectivity index (χ1v) is 12.2. The van der Waals surface area contributed by atoms with Crippen molar-refractivity contribution in [2.24, 2.45) is 0 Å². The van der Waals surface area contributed by atoms with Crippen LogP contribution in [0.4, 0.5) is 0 Å². The lowest BCUT2D eigenvalue weighted by atomic mass is 9.75. The van der Waals surface area contributed by atoms with Crippen LogP contribution in [0.1, 0.15) is 49.7 Å². The average Bonchev–Trinajstić information content (AvgIpc) is 3.30. The van der Waals surface area contributed by atoms with E-state index < -0.39 is 10.2 Å². The monoisotopic (exact) mass is 444 g/mol. The van der Waals surface area contributed by atoms with Gasteiger partial charge in [0.1, 0.15) is 0 Å². The maximum atomic E-state index is 13.0. The molecule has 4 rings (SSSR count). The summed E-state index contributed by atoms with van der Waals surface area (Å²) in [6, 6.07) is 0. The molecule has 0 bridgehead atoms. The third-order valence-corrected chi connectivity index (χ3v) is 8.61. The van der Waals surface area contributed by atoms with E-state index in [2.05, 4.69) is 5.16 Å². The van der Waals surface area contributed by atoms with E-state index in [1.54, 1.807) is 11.4 Å². The fourth-order valence-corrected chi connectivity index (χ4v) is 6.11. The van der Waals surface area contributed by atoms with Crippen LogP contribution in [0.25, 0.3) is 0 Å². The lowest BCUT2D eigenvalue weighted by molar-refractivity contribution is 0.0681. The minimum Gasteiger partial charge on any atom is -0.385 e. The summed E-state index contributed by atoms with van der Waals surface area (Å²) < 4.78 is 50.9. The largest absolute Gasteiger partial charge is 0.385 e. The minimum atomic E-state index is -3.47. The number of nitrogens with zero attached hydrogens (tertiary/aromatic N) is 4. The summed E-state index contributed by atoms with van der Waals surface area (Å²) in [7, 11) is -1.80. The van der Waals surface area contributed by atoms with Crippen molar-refractivity contribution in [2.45, 2.75) is 43.4 Å². The summed E-state index contributed by atoms with van der Waals surface area (Å²) in [6.07, 6.45) is 3.80. The van der Waals surface area contributed by atoms with Crippen LogP contribution in [0.3, 0.4) is 0 Å². The lowest BCUT2D eigenvalue weighted by Crippen LogP contribution is -2.53. The standard InChI is InChI=1S/C19H32N4O6S/c1-26-13-6-19(18-20-17(29-21-18)16-2-11-27-12-3-16)4-7-22(8-5-19)30(24,25)23-9-14-28-15-10-23/h16H,2-15H2,1H3.